The number of rotatable bonds is 4. The Morgan fingerprint density at radius 3 is 2.60 bits per heavy atom. The van der Waals surface area contributed by atoms with Crippen molar-refractivity contribution in [1.29, 1.82) is 0 Å². The van der Waals surface area contributed by atoms with Crippen molar-refractivity contribution in [3.63, 3.8) is 0 Å². The first kappa shape index (κ1) is 14.8. The van der Waals surface area contributed by atoms with E-state index in [4.69, 9.17) is 4.42 Å². The number of amides is 1. The minimum atomic E-state index is -0.348. The number of furan rings is 1. The summed E-state index contributed by atoms with van der Waals surface area (Å²) < 4.78 is 7.18. The predicted molar refractivity (Wildman–Crippen MR) is 91.3 cm³/mol. The van der Waals surface area contributed by atoms with Gasteiger partial charge in [-0.1, -0.05) is 0 Å². The number of anilines is 1. The van der Waals surface area contributed by atoms with E-state index in [9.17, 15) is 4.79 Å². The molecule has 1 amide bonds. The molecule has 0 atom stereocenters. The second-order valence-electron chi connectivity index (χ2n) is 5.22. The zero-order chi connectivity index (χ0) is 17.1. The van der Waals surface area contributed by atoms with Crippen molar-refractivity contribution in [3.05, 3.63) is 79.2 Å². The Bertz CT molecular complexity index is 993. The number of pyridine rings is 2. The van der Waals surface area contributed by atoms with Gasteiger partial charge in [0.1, 0.15) is 0 Å². The van der Waals surface area contributed by atoms with Crippen molar-refractivity contribution >= 4 is 11.6 Å². The topological polar surface area (TPSA) is 85.8 Å². The minimum absolute atomic E-state index is 0.192. The van der Waals surface area contributed by atoms with Crippen LogP contribution < -0.4 is 5.32 Å². The van der Waals surface area contributed by atoms with Gasteiger partial charge < -0.3 is 9.73 Å². The Balaban J connectivity index is 1.53. The van der Waals surface area contributed by atoms with Crippen molar-refractivity contribution in [1.82, 2.24) is 19.7 Å². The number of nitrogens with one attached hydrogen (secondary N) is 1. The van der Waals surface area contributed by atoms with E-state index in [0.717, 1.165) is 11.3 Å². The SMILES string of the molecule is O=C(Nc1cccnc1)c1ccc(-n2ccc(-c3cccnc3)n2)o1. The summed E-state index contributed by atoms with van der Waals surface area (Å²) in [7, 11) is 0. The van der Waals surface area contributed by atoms with E-state index in [-0.39, 0.29) is 11.7 Å². The maximum atomic E-state index is 12.2. The molecule has 25 heavy (non-hydrogen) atoms. The number of carbonyl (C=O) groups is 1. The fourth-order valence-corrected chi connectivity index (χ4v) is 2.32. The highest BCUT2D eigenvalue weighted by Crippen LogP contribution is 2.19. The summed E-state index contributed by atoms with van der Waals surface area (Å²) >= 11 is 0. The van der Waals surface area contributed by atoms with Gasteiger partial charge in [0, 0.05) is 36.4 Å². The lowest BCUT2D eigenvalue weighted by atomic mass is 10.2. The zero-order valence-electron chi connectivity index (χ0n) is 13.0. The van der Waals surface area contributed by atoms with Crippen molar-refractivity contribution < 1.29 is 9.21 Å². The molecule has 4 aromatic heterocycles. The van der Waals surface area contributed by atoms with Crippen LogP contribution in [0.5, 0.6) is 0 Å². The molecule has 7 nitrogen and oxygen atoms in total. The first-order valence-corrected chi connectivity index (χ1v) is 7.57. The standard InChI is InChI=1S/C18H13N5O2/c24-18(21-14-4-2-9-20-12-14)16-5-6-17(25-16)23-10-7-15(22-23)13-3-1-8-19-11-13/h1-12H,(H,21,24). The second kappa shape index (κ2) is 6.40. The molecule has 0 saturated carbocycles. The smallest absolute Gasteiger partial charge is 0.291 e. The maximum absolute atomic E-state index is 12.2. The van der Waals surface area contributed by atoms with Crippen LogP contribution >= 0.6 is 0 Å². The van der Waals surface area contributed by atoms with Gasteiger partial charge in [0.2, 0.25) is 5.88 Å². The predicted octanol–water partition coefficient (Wildman–Crippen LogP) is 3.17. The molecular weight excluding hydrogens is 318 g/mol. The summed E-state index contributed by atoms with van der Waals surface area (Å²) in [4.78, 5) is 20.2. The average Bonchev–Trinajstić information content (AvgIpc) is 3.33. The van der Waals surface area contributed by atoms with Gasteiger partial charge in [0.05, 0.1) is 17.6 Å². The van der Waals surface area contributed by atoms with E-state index in [1.807, 2.05) is 18.2 Å². The molecule has 0 aliphatic rings. The van der Waals surface area contributed by atoms with Crippen LogP contribution in [0.2, 0.25) is 0 Å². The van der Waals surface area contributed by atoms with Crippen molar-refractivity contribution in [3.8, 4) is 17.1 Å². The Kier molecular flexibility index (Phi) is 3.80. The van der Waals surface area contributed by atoms with E-state index in [1.165, 1.54) is 0 Å². The van der Waals surface area contributed by atoms with Gasteiger partial charge in [-0.05, 0) is 36.4 Å². The van der Waals surface area contributed by atoms with E-state index >= 15 is 0 Å². The van der Waals surface area contributed by atoms with Gasteiger partial charge in [0.15, 0.2) is 5.76 Å². The second-order valence-corrected chi connectivity index (χ2v) is 5.22. The molecule has 4 rings (SSSR count). The third-order valence-corrected chi connectivity index (χ3v) is 3.51. The third kappa shape index (κ3) is 3.16. The molecule has 0 radical (unpaired) electrons. The number of aromatic nitrogens is 4. The summed E-state index contributed by atoms with van der Waals surface area (Å²) in [6.45, 7) is 0. The molecule has 0 fully saturated rings. The Hall–Kier alpha value is -3.74. The minimum Gasteiger partial charge on any atom is -0.433 e. The summed E-state index contributed by atoms with van der Waals surface area (Å²) in [6, 6.07) is 12.4. The third-order valence-electron chi connectivity index (χ3n) is 3.51. The molecule has 7 heteroatoms. The van der Waals surface area contributed by atoms with Crippen LogP contribution in [0, 0.1) is 0 Å². The highest BCUT2D eigenvalue weighted by atomic mass is 16.4. The van der Waals surface area contributed by atoms with Gasteiger partial charge in [-0.2, -0.15) is 5.10 Å². The van der Waals surface area contributed by atoms with Gasteiger partial charge >= 0.3 is 0 Å². The fourth-order valence-electron chi connectivity index (χ4n) is 2.32. The van der Waals surface area contributed by atoms with Gasteiger partial charge in [-0.3, -0.25) is 14.8 Å². The number of hydrogen-bond acceptors (Lipinski definition) is 5. The van der Waals surface area contributed by atoms with Crippen LogP contribution in [-0.4, -0.2) is 25.7 Å². The van der Waals surface area contributed by atoms with Gasteiger partial charge in [0.25, 0.3) is 5.91 Å². The van der Waals surface area contributed by atoms with Crippen LogP contribution in [0.1, 0.15) is 10.6 Å². The monoisotopic (exact) mass is 331 g/mol. The quantitative estimate of drug-likeness (QED) is 0.621. The van der Waals surface area contributed by atoms with E-state index in [2.05, 4.69) is 20.4 Å². The molecule has 4 aromatic rings. The van der Waals surface area contributed by atoms with Crippen LogP contribution in [-0.2, 0) is 0 Å². The number of carbonyl (C=O) groups excluding carboxylic acids is 1. The Morgan fingerprint density at radius 1 is 1.00 bits per heavy atom. The lowest BCUT2D eigenvalue weighted by molar-refractivity contribution is 0.0996. The molecule has 1 N–H and O–H groups in total. The van der Waals surface area contributed by atoms with Crippen LogP contribution in [0.15, 0.2) is 77.9 Å². The van der Waals surface area contributed by atoms with Crippen LogP contribution in [0.3, 0.4) is 0 Å². The van der Waals surface area contributed by atoms with Gasteiger partial charge in [-0.25, -0.2) is 4.68 Å². The lowest BCUT2D eigenvalue weighted by Gasteiger charge is -2.01. The average molecular weight is 331 g/mol. The highest BCUT2D eigenvalue weighted by molar-refractivity contribution is 6.02. The molecular formula is C18H13N5O2. The highest BCUT2D eigenvalue weighted by Gasteiger charge is 2.13. The summed E-state index contributed by atoms with van der Waals surface area (Å²) in [5.74, 6) is 0.294. The summed E-state index contributed by atoms with van der Waals surface area (Å²) in [5.41, 5.74) is 2.27. The number of hydrogen-bond donors (Lipinski definition) is 1. The van der Waals surface area contributed by atoms with Gasteiger partial charge in [-0.15, -0.1) is 0 Å². The molecule has 4 heterocycles. The lowest BCUT2D eigenvalue weighted by Crippen LogP contribution is -2.10. The Morgan fingerprint density at radius 2 is 1.84 bits per heavy atom. The molecule has 0 aliphatic carbocycles. The molecule has 0 bridgehead atoms. The first-order chi connectivity index (χ1) is 12.3. The molecule has 0 spiro atoms. The van der Waals surface area contributed by atoms with Crippen LogP contribution in [0.4, 0.5) is 5.69 Å². The largest absolute Gasteiger partial charge is 0.433 e. The summed E-state index contributed by atoms with van der Waals surface area (Å²) in [6.07, 6.45) is 8.42. The molecule has 122 valence electrons. The molecule has 0 aromatic carbocycles. The van der Waals surface area contributed by atoms with Crippen molar-refractivity contribution in [2.75, 3.05) is 5.32 Å². The van der Waals surface area contributed by atoms with E-state index in [0.29, 0.717) is 11.6 Å². The van der Waals surface area contributed by atoms with E-state index < -0.39 is 0 Å². The summed E-state index contributed by atoms with van der Waals surface area (Å²) in [5, 5.41) is 7.17. The molecule has 0 saturated heterocycles. The van der Waals surface area contributed by atoms with Crippen LogP contribution in [0.25, 0.3) is 17.1 Å². The molecule has 0 unspecified atom stereocenters. The Labute approximate surface area is 143 Å². The normalized spacial score (nSPS) is 10.6. The van der Waals surface area contributed by atoms with Crippen molar-refractivity contribution in [2.24, 2.45) is 0 Å². The van der Waals surface area contributed by atoms with Crippen molar-refractivity contribution in [2.45, 2.75) is 0 Å². The maximum Gasteiger partial charge on any atom is 0.291 e. The zero-order valence-corrected chi connectivity index (χ0v) is 13.0. The van der Waals surface area contributed by atoms with E-state index in [1.54, 1.807) is 59.9 Å². The number of nitrogens with zero attached hydrogens (tertiary/aromatic N) is 4. The molecule has 0 aliphatic heterocycles. The first-order valence-electron chi connectivity index (χ1n) is 7.57. The fraction of sp³-hybridized carbons (Fsp3) is 0.